The third-order valence-electron chi connectivity index (χ3n) is 4.80. The smallest absolute Gasteiger partial charge is 0.340 e. The number of likely N-dealkylation sites (tertiary alicyclic amines) is 1. The van der Waals surface area contributed by atoms with Crippen LogP contribution in [0.25, 0.3) is 0 Å². The van der Waals surface area contributed by atoms with Crippen LogP contribution in [-0.4, -0.2) is 44.9 Å². The lowest BCUT2D eigenvalue weighted by molar-refractivity contribution is -0.134. The maximum atomic E-state index is 12.6. The zero-order valence-corrected chi connectivity index (χ0v) is 17.9. The lowest BCUT2D eigenvalue weighted by Gasteiger charge is -2.20. The zero-order chi connectivity index (χ0) is 21.6. The largest absolute Gasteiger partial charge is 0.452 e. The molecule has 1 heterocycles. The van der Waals surface area contributed by atoms with E-state index < -0.39 is 16.0 Å². The predicted octanol–water partition coefficient (Wildman–Crippen LogP) is 3.70. The van der Waals surface area contributed by atoms with E-state index in [0.29, 0.717) is 18.1 Å². The number of carbonyl (C=O) groups excluding carboxylic acids is 2. The molecular formula is C21H23ClN2O5S. The van der Waals surface area contributed by atoms with Gasteiger partial charge in [-0.15, -0.1) is 0 Å². The Hall–Kier alpha value is -2.58. The number of hydrogen-bond acceptors (Lipinski definition) is 5. The number of amides is 1. The highest BCUT2D eigenvalue weighted by Crippen LogP contribution is 2.22. The first kappa shape index (κ1) is 22.1. The number of nitrogens with one attached hydrogen (secondary N) is 1. The van der Waals surface area contributed by atoms with Gasteiger partial charge < -0.3 is 9.64 Å². The molecule has 1 amide bonds. The van der Waals surface area contributed by atoms with Crippen molar-refractivity contribution in [2.24, 2.45) is 0 Å². The molecule has 0 unspecified atom stereocenters. The quantitative estimate of drug-likeness (QED) is 0.677. The van der Waals surface area contributed by atoms with Crippen LogP contribution in [0.15, 0.2) is 53.4 Å². The van der Waals surface area contributed by atoms with Crippen molar-refractivity contribution < 1.29 is 22.7 Å². The Morgan fingerprint density at radius 3 is 2.27 bits per heavy atom. The Morgan fingerprint density at radius 1 is 0.967 bits per heavy atom. The van der Waals surface area contributed by atoms with Crippen LogP contribution in [0.4, 0.5) is 5.69 Å². The Labute approximate surface area is 181 Å². The molecule has 7 nitrogen and oxygen atoms in total. The van der Waals surface area contributed by atoms with Gasteiger partial charge in [0.05, 0.1) is 16.1 Å². The van der Waals surface area contributed by atoms with Crippen LogP contribution < -0.4 is 4.72 Å². The van der Waals surface area contributed by atoms with Crippen molar-refractivity contribution in [3.05, 3.63) is 59.1 Å². The summed E-state index contributed by atoms with van der Waals surface area (Å²) in [6.07, 6.45) is 4.05. The maximum Gasteiger partial charge on any atom is 0.340 e. The molecule has 1 aliphatic rings. The minimum Gasteiger partial charge on any atom is -0.452 e. The molecule has 2 aromatic rings. The molecule has 0 aliphatic carbocycles. The molecule has 0 bridgehead atoms. The zero-order valence-electron chi connectivity index (χ0n) is 16.3. The molecule has 9 heteroatoms. The molecule has 1 aliphatic heterocycles. The van der Waals surface area contributed by atoms with E-state index in [1.807, 2.05) is 0 Å². The van der Waals surface area contributed by atoms with Gasteiger partial charge in [0.25, 0.3) is 15.9 Å². The highest BCUT2D eigenvalue weighted by Gasteiger charge is 2.21. The number of esters is 1. The van der Waals surface area contributed by atoms with Crippen LogP contribution >= 0.6 is 11.6 Å². The lowest BCUT2D eigenvalue weighted by Crippen LogP contribution is -2.35. The second-order valence-electron chi connectivity index (χ2n) is 6.98. The van der Waals surface area contributed by atoms with Gasteiger partial charge in [0.1, 0.15) is 0 Å². The number of halogens is 1. The monoisotopic (exact) mass is 450 g/mol. The summed E-state index contributed by atoms with van der Waals surface area (Å²) >= 11 is 5.81. The van der Waals surface area contributed by atoms with Gasteiger partial charge in [-0.3, -0.25) is 9.52 Å². The van der Waals surface area contributed by atoms with E-state index in [0.717, 1.165) is 25.7 Å². The third kappa shape index (κ3) is 5.73. The van der Waals surface area contributed by atoms with E-state index in [4.69, 9.17) is 16.3 Å². The molecular weight excluding hydrogens is 428 g/mol. The number of nitrogens with zero attached hydrogens (tertiary/aromatic N) is 1. The summed E-state index contributed by atoms with van der Waals surface area (Å²) < 4.78 is 32.8. The number of hydrogen-bond donors (Lipinski definition) is 1. The number of ether oxygens (including phenoxy) is 1. The van der Waals surface area contributed by atoms with Crippen LogP contribution in [0.1, 0.15) is 36.0 Å². The Balaban J connectivity index is 1.69. The van der Waals surface area contributed by atoms with Crippen molar-refractivity contribution in [2.75, 3.05) is 24.4 Å². The van der Waals surface area contributed by atoms with Crippen LogP contribution in [0.2, 0.25) is 5.02 Å². The van der Waals surface area contributed by atoms with E-state index in [1.165, 1.54) is 36.4 Å². The Bertz CT molecular complexity index is 1000. The van der Waals surface area contributed by atoms with E-state index in [-0.39, 0.29) is 28.7 Å². The topological polar surface area (TPSA) is 92.8 Å². The van der Waals surface area contributed by atoms with Crippen molar-refractivity contribution in [3.8, 4) is 0 Å². The number of benzene rings is 2. The first-order valence-corrected chi connectivity index (χ1v) is 11.6. The fourth-order valence-electron chi connectivity index (χ4n) is 3.18. The second-order valence-corrected chi connectivity index (χ2v) is 9.09. The SMILES string of the molecule is O=C(OCC(=O)N1CCCCCC1)c1ccccc1NS(=O)(=O)c1ccc(Cl)cc1. The summed E-state index contributed by atoms with van der Waals surface area (Å²) in [4.78, 5) is 26.6. The van der Waals surface area contributed by atoms with E-state index in [1.54, 1.807) is 17.0 Å². The fourth-order valence-corrected chi connectivity index (χ4v) is 4.39. The van der Waals surface area contributed by atoms with Gasteiger partial charge in [-0.2, -0.15) is 0 Å². The Morgan fingerprint density at radius 2 is 1.60 bits per heavy atom. The van der Waals surface area contributed by atoms with E-state index in [9.17, 15) is 18.0 Å². The van der Waals surface area contributed by atoms with Crippen LogP contribution in [0.3, 0.4) is 0 Å². The molecule has 30 heavy (non-hydrogen) atoms. The summed E-state index contributed by atoms with van der Waals surface area (Å²) in [7, 11) is -3.93. The number of anilines is 1. The fraction of sp³-hybridized carbons (Fsp3) is 0.333. The summed E-state index contributed by atoms with van der Waals surface area (Å²) in [6.45, 7) is 0.943. The van der Waals surface area contributed by atoms with Crippen LogP contribution in [0.5, 0.6) is 0 Å². The molecule has 0 saturated carbocycles. The molecule has 1 saturated heterocycles. The highest BCUT2D eigenvalue weighted by atomic mass is 35.5. The summed E-state index contributed by atoms with van der Waals surface area (Å²) in [5, 5.41) is 0.409. The van der Waals surface area contributed by atoms with Gasteiger partial charge in [0.2, 0.25) is 0 Å². The number of rotatable bonds is 6. The van der Waals surface area contributed by atoms with Gasteiger partial charge in [0, 0.05) is 18.1 Å². The predicted molar refractivity (Wildman–Crippen MR) is 114 cm³/mol. The molecule has 0 radical (unpaired) electrons. The summed E-state index contributed by atoms with van der Waals surface area (Å²) in [5.74, 6) is -1.02. The minimum absolute atomic E-state index is 0.00594. The lowest BCUT2D eigenvalue weighted by atomic mass is 10.2. The van der Waals surface area contributed by atoms with Crippen molar-refractivity contribution in [1.29, 1.82) is 0 Å². The number of para-hydroxylation sites is 1. The molecule has 2 aromatic carbocycles. The first-order valence-electron chi connectivity index (χ1n) is 9.69. The minimum atomic E-state index is -3.93. The normalized spacial score (nSPS) is 14.6. The highest BCUT2D eigenvalue weighted by molar-refractivity contribution is 7.92. The second kappa shape index (κ2) is 9.95. The number of carbonyl (C=O) groups is 2. The van der Waals surface area contributed by atoms with E-state index in [2.05, 4.69) is 4.72 Å². The van der Waals surface area contributed by atoms with Crippen molar-refractivity contribution in [1.82, 2.24) is 4.90 Å². The molecule has 1 N–H and O–H groups in total. The Kier molecular flexibility index (Phi) is 7.33. The molecule has 0 spiro atoms. The maximum absolute atomic E-state index is 12.6. The van der Waals surface area contributed by atoms with Crippen molar-refractivity contribution >= 4 is 39.2 Å². The van der Waals surface area contributed by atoms with Crippen LogP contribution in [-0.2, 0) is 19.6 Å². The molecule has 3 rings (SSSR count). The molecule has 0 aromatic heterocycles. The first-order chi connectivity index (χ1) is 14.4. The number of sulfonamides is 1. The van der Waals surface area contributed by atoms with Gasteiger partial charge in [-0.25, -0.2) is 13.2 Å². The van der Waals surface area contributed by atoms with Crippen molar-refractivity contribution in [3.63, 3.8) is 0 Å². The van der Waals surface area contributed by atoms with Crippen LogP contribution in [0, 0.1) is 0 Å². The molecule has 0 atom stereocenters. The summed E-state index contributed by atoms with van der Waals surface area (Å²) in [6, 6.07) is 11.7. The van der Waals surface area contributed by atoms with Gasteiger partial charge in [0.15, 0.2) is 6.61 Å². The summed E-state index contributed by atoms with van der Waals surface area (Å²) in [5.41, 5.74) is 0.0957. The molecule has 1 fully saturated rings. The molecule has 160 valence electrons. The van der Waals surface area contributed by atoms with Crippen molar-refractivity contribution in [2.45, 2.75) is 30.6 Å². The average molecular weight is 451 g/mol. The van der Waals surface area contributed by atoms with Gasteiger partial charge in [-0.05, 0) is 49.2 Å². The van der Waals surface area contributed by atoms with E-state index >= 15 is 0 Å². The van der Waals surface area contributed by atoms with Gasteiger partial charge in [-0.1, -0.05) is 36.6 Å². The standard InChI is InChI=1S/C21H23ClN2O5S/c22-16-9-11-17(12-10-16)30(27,28)23-19-8-4-3-7-18(19)21(26)29-15-20(25)24-13-5-1-2-6-14-24/h3-4,7-12,23H,1-2,5-6,13-15H2. The third-order valence-corrected chi connectivity index (χ3v) is 6.43. The average Bonchev–Trinajstić information content (AvgIpc) is 3.02. The van der Waals surface area contributed by atoms with Gasteiger partial charge >= 0.3 is 5.97 Å².